The zero-order chi connectivity index (χ0) is 9.56. The van der Waals surface area contributed by atoms with Crippen LogP contribution in [0.15, 0.2) is 24.3 Å². The Morgan fingerprint density at radius 2 is 1.67 bits per heavy atom. The van der Waals surface area contributed by atoms with Crippen molar-refractivity contribution >= 4 is 0 Å². The summed E-state index contributed by atoms with van der Waals surface area (Å²) in [5.41, 5.74) is 0.963. The normalized spacial score (nSPS) is 9.17. The molecule has 1 rings (SSSR count). The molecule has 1 aromatic rings. The molecule has 1 aromatic carbocycles. The lowest BCUT2D eigenvalue weighted by Gasteiger charge is -1.87. The fourth-order valence-corrected chi connectivity index (χ4v) is 0.606. The van der Waals surface area contributed by atoms with Crippen LogP contribution in [0.25, 0.3) is 0 Å². The molecule has 0 nitrogen and oxygen atoms in total. The van der Waals surface area contributed by atoms with E-state index < -0.39 is 0 Å². The minimum absolute atomic E-state index is 0.162. The molecule has 0 bridgehead atoms. The van der Waals surface area contributed by atoms with Crippen molar-refractivity contribution in [1.29, 1.82) is 0 Å². The summed E-state index contributed by atoms with van der Waals surface area (Å²) >= 11 is 0. The molecule has 0 aliphatic heterocycles. The second-order valence-corrected chi connectivity index (χ2v) is 3.53. The van der Waals surface area contributed by atoms with E-state index in [0.29, 0.717) is 0 Å². The van der Waals surface area contributed by atoms with Crippen LogP contribution in [0.5, 0.6) is 0 Å². The summed E-state index contributed by atoms with van der Waals surface area (Å²) in [5, 5.41) is 0. The summed E-state index contributed by atoms with van der Waals surface area (Å²) in [7, 11) is 0. The number of rotatable bonds is 0. The average molecular weight is 168 g/mol. The summed E-state index contributed by atoms with van der Waals surface area (Å²) in [4.78, 5) is 0. The molecule has 0 amide bonds. The Morgan fingerprint density at radius 3 is 1.92 bits per heavy atom. The SMILES string of the molecule is CC(C)C.Cc1cccc(F)c1. The van der Waals surface area contributed by atoms with Gasteiger partial charge in [0.25, 0.3) is 0 Å². The van der Waals surface area contributed by atoms with Gasteiger partial charge in [-0.25, -0.2) is 4.39 Å². The van der Waals surface area contributed by atoms with Gasteiger partial charge in [0.15, 0.2) is 0 Å². The highest BCUT2D eigenvalue weighted by Gasteiger charge is 1.84. The first-order valence-electron chi connectivity index (χ1n) is 4.24. The standard InChI is InChI=1S/C7H7F.C4H10/c1-6-3-2-4-7(8)5-6;1-4(2)3/h2-5H,1H3;4H,1-3H3. The number of hydrogen-bond acceptors (Lipinski definition) is 0. The summed E-state index contributed by atoms with van der Waals surface area (Å²) in [6, 6.07) is 6.50. The molecule has 0 N–H and O–H groups in total. The molecule has 0 aliphatic rings. The van der Waals surface area contributed by atoms with Gasteiger partial charge in [-0.2, -0.15) is 0 Å². The van der Waals surface area contributed by atoms with Crippen LogP contribution in [0, 0.1) is 18.7 Å². The van der Waals surface area contributed by atoms with Gasteiger partial charge in [-0.15, -0.1) is 0 Å². The first-order valence-corrected chi connectivity index (χ1v) is 4.24. The zero-order valence-electron chi connectivity index (χ0n) is 8.26. The summed E-state index contributed by atoms with van der Waals surface area (Å²) in [6.07, 6.45) is 0. The minimum Gasteiger partial charge on any atom is -0.207 e. The molecular weight excluding hydrogens is 151 g/mol. The molecule has 12 heavy (non-hydrogen) atoms. The van der Waals surface area contributed by atoms with Crippen LogP contribution in [0.3, 0.4) is 0 Å². The molecule has 0 unspecified atom stereocenters. The number of benzene rings is 1. The predicted molar refractivity (Wildman–Crippen MR) is 51.6 cm³/mol. The molecule has 0 atom stereocenters. The van der Waals surface area contributed by atoms with Crippen LogP contribution in [-0.2, 0) is 0 Å². The molecule has 0 saturated heterocycles. The largest absolute Gasteiger partial charge is 0.207 e. The van der Waals surface area contributed by atoms with E-state index in [1.54, 1.807) is 6.07 Å². The molecule has 0 heterocycles. The molecule has 0 aliphatic carbocycles. The Hall–Kier alpha value is -0.850. The topological polar surface area (TPSA) is 0 Å². The van der Waals surface area contributed by atoms with E-state index in [9.17, 15) is 4.39 Å². The molecule has 68 valence electrons. The molecule has 0 fully saturated rings. The molecule has 0 spiro atoms. The Kier molecular flexibility index (Phi) is 5.35. The van der Waals surface area contributed by atoms with Crippen LogP contribution in [-0.4, -0.2) is 0 Å². The maximum absolute atomic E-state index is 12.2. The van der Waals surface area contributed by atoms with E-state index in [-0.39, 0.29) is 5.82 Å². The van der Waals surface area contributed by atoms with E-state index in [4.69, 9.17) is 0 Å². The van der Waals surface area contributed by atoms with E-state index >= 15 is 0 Å². The van der Waals surface area contributed by atoms with Crippen LogP contribution < -0.4 is 0 Å². The first-order chi connectivity index (χ1) is 5.52. The third-order valence-electron chi connectivity index (χ3n) is 0.980. The Morgan fingerprint density at radius 1 is 1.17 bits per heavy atom. The summed E-state index contributed by atoms with van der Waals surface area (Å²) in [5.74, 6) is 0.671. The average Bonchev–Trinajstić information content (AvgIpc) is 1.84. The predicted octanol–water partition coefficient (Wildman–Crippen LogP) is 3.80. The zero-order valence-corrected chi connectivity index (χ0v) is 8.26. The van der Waals surface area contributed by atoms with Gasteiger partial charge in [0.05, 0.1) is 0 Å². The van der Waals surface area contributed by atoms with E-state index in [0.717, 1.165) is 11.5 Å². The maximum Gasteiger partial charge on any atom is 0.123 e. The van der Waals surface area contributed by atoms with Crippen LogP contribution in [0.2, 0.25) is 0 Å². The first kappa shape index (κ1) is 11.2. The van der Waals surface area contributed by atoms with Gasteiger partial charge >= 0.3 is 0 Å². The number of halogens is 1. The van der Waals surface area contributed by atoms with Gasteiger partial charge in [-0.05, 0) is 30.5 Å². The second kappa shape index (κ2) is 5.76. The van der Waals surface area contributed by atoms with Gasteiger partial charge in [-0.3, -0.25) is 0 Å². The Bertz CT molecular complexity index is 196. The second-order valence-electron chi connectivity index (χ2n) is 3.53. The highest BCUT2D eigenvalue weighted by molar-refractivity contribution is 5.13. The van der Waals surface area contributed by atoms with Crippen molar-refractivity contribution in [2.45, 2.75) is 27.7 Å². The lowest BCUT2D eigenvalue weighted by molar-refractivity contribution is 0.626. The van der Waals surface area contributed by atoms with E-state index in [2.05, 4.69) is 20.8 Å². The molecular formula is C11H17F. The number of aryl methyl sites for hydroxylation is 1. The monoisotopic (exact) mass is 168 g/mol. The Balaban J connectivity index is 0.000000261. The van der Waals surface area contributed by atoms with Crippen LogP contribution >= 0.6 is 0 Å². The summed E-state index contributed by atoms with van der Waals surface area (Å²) < 4.78 is 12.2. The van der Waals surface area contributed by atoms with Gasteiger partial charge < -0.3 is 0 Å². The van der Waals surface area contributed by atoms with Crippen molar-refractivity contribution in [1.82, 2.24) is 0 Å². The van der Waals surface area contributed by atoms with Crippen molar-refractivity contribution in [2.75, 3.05) is 0 Å². The van der Waals surface area contributed by atoms with Crippen molar-refractivity contribution in [2.24, 2.45) is 5.92 Å². The maximum atomic E-state index is 12.2. The third kappa shape index (κ3) is 7.26. The number of hydrogen-bond donors (Lipinski definition) is 0. The van der Waals surface area contributed by atoms with Crippen molar-refractivity contribution in [3.8, 4) is 0 Å². The summed E-state index contributed by atoms with van der Waals surface area (Å²) in [6.45, 7) is 8.36. The fourth-order valence-electron chi connectivity index (χ4n) is 0.606. The lowest BCUT2D eigenvalue weighted by atomic mass is 10.2. The van der Waals surface area contributed by atoms with Crippen molar-refractivity contribution < 1.29 is 4.39 Å². The smallest absolute Gasteiger partial charge is 0.123 e. The third-order valence-corrected chi connectivity index (χ3v) is 0.980. The quantitative estimate of drug-likeness (QED) is 0.552. The molecule has 0 radical (unpaired) electrons. The van der Waals surface area contributed by atoms with Crippen molar-refractivity contribution in [3.63, 3.8) is 0 Å². The fraction of sp³-hybridized carbons (Fsp3) is 0.455. The molecule has 0 saturated carbocycles. The van der Waals surface area contributed by atoms with Crippen molar-refractivity contribution in [3.05, 3.63) is 35.6 Å². The minimum atomic E-state index is -0.162. The van der Waals surface area contributed by atoms with Gasteiger partial charge in [0.1, 0.15) is 5.82 Å². The van der Waals surface area contributed by atoms with Crippen LogP contribution in [0.1, 0.15) is 26.3 Å². The van der Waals surface area contributed by atoms with Gasteiger partial charge in [0, 0.05) is 0 Å². The lowest BCUT2D eigenvalue weighted by Crippen LogP contribution is -1.72. The highest BCUT2D eigenvalue weighted by Crippen LogP contribution is 1.99. The highest BCUT2D eigenvalue weighted by atomic mass is 19.1. The van der Waals surface area contributed by atoms with Crippen LogP contribution in [0.4, 0.5) is 4.39 Å². The molecule has 0 aromatic heterocycles. The van der Waals surface area contributed by atoms with Gasteiger partial charge in [-0.1, -0.05) is 32.9 Å². The van der Waals surface area contributed by atoms with Gasteiger partial charge in [0.2, 0.25) is 0 Å². The van der Waals surface area contributed by atoms with E-state index in [1.165, 1.54) is 12.1 Å². The van der Waals surface area contributed by atoms with E-state index in [1.807, 2.05) is 13.0 Å². The molecule has 1 heteroatoms. The Labute approximate surface area is 74.4 Å².